The Morgan fingerprint density at radius 2 is 2.46 bits per heavy atom. The second kappa shape index (κ2) is 4.77. The van der Waals surface area contributed by atoms with E-state index < -0.39 is 0 Å². The van der Waals surface area contributed by atoms with Crippen LogP contribution in [0.5, 0.6) is 0 Å². The summed E-state index contributed by atoms with van der Waals surface area (Å²) in [6, 6.07) is 0. The minimum atomic E-state index is 0.170. The zero-order valence-electron chi connectivity index (χ0n) is 8.08. The summed E-state index contributed by atoms with van der Waals surface area (Å²) in [5.74, 6) is 0.170. The molecular weight excluding hydrogens is 166 g/mol. The van der Waals surface area contributed by atoms with E-state index in [0.717, 1.165) is 13.0 Å². The van der Waals surface area contributed by atoms with E-state index in [1.54, 1.807) is 17.1 Å². The van der Waals surface area contributed by atoms with Crippen molar-refractivity contribution in [3.63, 3.8) is 0 Å². The molecule has 0 aliphatic carbocycles. The molecule has 0 spiro atoms. The Kier molecular flexibility index (Phi) is 3.64. The molecule has 0 bridgehead atoms. The highest BCUT2D eigenvalue weighted by atomic mass is 16.1. The Balaban J connectivity index is 2.40. The standard InChI is InChI=1S/C9H15N3O/c1-10-5-3-4-9(13)8-6-11-12(2)7-8/h6-7,10H,3-5H2,1-2H3. The molecule has 4 heteroatoms. The van der Waals surface area contributed by atoms with Gasteiger partial charge in [0, 0.05) is 19.7 Å². The third kappa shape index (κ3) is 2.99. The molecule has 1 aromatic rings. The minimum absolute atomic E-state index is 0.170. The summed E-state index contributed by atoms with van der Waals surface area (Å²) in [4.78, 5) is 11.5. The van der Waals surface area contributed by atoms with E-state index in [1.165, 1.54) is 0 Å². The summed E-state index contributed by atoms with van der Waals surface area (Å²) in [5.41, 5.74) is 0.707. The van der Waals surface area contributed by atoms with E-state index in [-0.39, 0.29) is 5.78 Å². The van der Waals surface area contributed by atoms with E-state index in [1.807, 2.05) is 14.1 Å². The van der Waals surface area contributed by atoms with Crippen LogP contribution in [0.3, 0.4) is 0 Å². The summed E-state index contributed by atoms with van der Waals surface area (Å²) in [7, 11) is 3.69. The highest BCUT2D eigenvalue weighted by Gasteiger charge is 2.06. The Morgan fingerprint density at radius 3 is 3.00 bits per heavy atom. The lowest BCUT2D eigenvalue weighted by molar-refractivity contribution is 0.0980. The van der Waals surface area contributed by atoms with Crippen LogP contribution in [0.2, 0.25) is 0 Å². The van der Waals surface area contributed by atoms with Gasteiger partial charge >= 0.3 is 0 Å². The van der Waals surface area contributed by atoms with Crippen LogP contribution >= 0.6 is 0 Å². The maximum atomic E-state index is 11.5. The number of aryl methyl sites for hydroxylation is 1. The van der Waals surface area contributed by atoms with Crippen molar-refractivity contribution in [2.24, 2.45) is 7.05 Å². The van der Waals surface area contributed by atoms with Gasteiger partial charge in [0.05, 0.1) is 11.8 Å². The number of carbonyl (C=O) groups excluding carboxylic acids is 1. The first-order chi connectivity index (χ1) is 6.24. The van der Waals surface area contributed by atoms with Crippen LogP contribution in [0.1, 0.15) is 23.2 Å². The predicted octanol–water partition coefficient (Wildman–Crippen LogP) is 0.602. The first kappa shape index (κ1) is 9.92. The van der Waals surface area contributed by atoms with Crippen LogP contribution in [0.15, 0.2) is 12.4 Å². The van der Waals surface area contributed by atoms with Gasteiger partial charge in [-0.25, -0.2) is 0 Å². The Bertz CT molecular complexity index is 280. The van der Waals surface area contributed by atoms with Crippen LogP contribution in [-0.2, 0) is 7.05 Å². The quantitative estimate of drug-likeness (QED) is 0.534. The molecule has 1 rings (SSSR count). The molecule has 1 heterocycles. The van der Waals surface area contributed by atoms with Gasteiger partial charge < -0.3 is 5.32 Å². The zero-order chi connectivity index (χ0) is 9.68. The Labute approximate surface area is 77.9 Å². The predicted molar refractivity (Wildman–Crippen MR) is 50.7 cm³/mol. The second-order valence-corrected chi connectivity index (χ2v) is 3.03. The van der Waals surface area contributed by atoms with E-state index in [2.05, 4.69) is 10.4 Å². The second-order valence-electron chi connectivity index (χ2n) is 3.03. The van der Waals surface area contributed by atoms with Gasteiger partial charge in [0.15, 0.2) is 5.78 Å². The van der Waals surface area contributed by atoms with E-state index in [0.29, 0.717) is 12.0 Å². The normalized spacial score (nSPS) is 10.3. The zero-order valence-corrected chi connectivity index (χ0v) is 8.08. The topological polar surface area (TPSA) is 46.9 Å². The lowest BCUT2D eigenvalue weighted by Crippen LogP contribution is -2.09. The van der Waals surface area contributed by atoms with Crippen LogP contribution in [0.25, 0.3) is 0 Å². The highest BCUT2D eigenvalue weighted by Crippen LogP contribution is 2.02. The van der Waals surface area contributed by atoms with E-state index >= 15 is 0 Å². The maximum Gasteiger partial charge on any atom is 0.166 e. The van der Waals surface area contributed by atoms with Gasteiger partial charge in [-0.15, -0.1) is 0 Å². The molecular formula is C9H15N3O. The molecule has 4 nitrogen and oxygen atoms in total. The molecule has 72 valence electrons. The maximum absolute atomic E-state index is 11.5. The van der Waals surface area contributed by atoms with Crippen molar-refractivity contribution in [2.45, 2.75) is 12.8 Å². The first-order valence-electron chi connectivity index (χ1n) is 4.40. The number of nitrogens with zero attached hydrogens (tertiary/aromatic N) is 2. The van der Waals surface area contributed by atoms with Gasteiger partial charge in [-0.2, -0.15) is 5.10 Å². The number of hydrogen-bond acceptors (Lipinski definition) is 3. The molecule has 1 N–H and O–H groups in total. The summed E-state index contributed by atoms with van der Waals surface area (Å²) in [6.45, 7) is 0.881. The van der Waals surface area contributed by atoms with E-state index in [4.69, 9.17) is 0 Å². The van der Waals surface area contributed by atoms with Gasteiger partial charge in [-0.3, -0.25) is 9.48 Å². The largest absolute Gasteiger partial charge is 0.320 e. The van der Waals surface area contributed by atoms with Crippen molar-refractivity contribution in [3.8, 4) is 0 Å². The fourth-order valence-corrected chi connectivity index (χ4v) is 1.14. The number of aromatic nitrogens is 2. The molecule has 0 unspecified atom stereocenters. The Morgan fingerprint density at radius 1 is 1.69 bits per heavy atom. The molecule has 0 atom stereocenters. The van der Waals surface area contributed by atoms with Crippen molar-refractivity contribution in [3.05, 3.63) is 18.0 Å². The number of rotatable bonds is 5. The Hall–Kier alpha value is -1.16. The summed E-state index contributed by atoms with van der Waals surface area (Å²) < 4.78 is 1.64. The van der Waals surface area contributed by atoms with Gasteiger partial charge in [0.2, 0.25) is 0 Å². The van der Waals surface area contributed by atoms with Gasteiger partial charge in [-0.1, -0.05) is 0 Å². The average Bonchev–Trinajstić information content (AvgIpc) is 2.52. The van der Waals surface area contributed by atoms with Crippen molar-refractivity contribution >= 4 is 5.78 Å². The van der Waals surface area contributed by atoms with E-state index in [9.17, 15) is 4.79 Å². The minimum Gasteiger partial charge on any atom is -0.320 e. The number of ketones is 1. The molecule has 0 aromatic carbocycles. The molecule has 0 radical (unpaired) electrons. The number of Topliss-reactive ketones (excluding diaryl/α,β-unsaturated/α-hetero) is 1. The summed E-state index contributed by atoms with van der Waals surface area (Å²) in [5, 5.41) is 6.95. The van der Waals surface area contributed by atoms with Crippen LogP contribution in [-0.4, -0.2) is 29.2 Å². The first-order valence-corrected chi connectivity index (χ1v) is 4.40. The SMILES string of the molecule is CNCCCC(=O)c1cnn(C)c1. The number of nitrogens with one attached hydrogen (secondary N) is 1. The average molecular weight is 181 g/mol. The highest BCUT2D eigenvalue weighted by molar-refractivity contribution is 5.95. The van der Waals surface area contributed by atoms with Gasteiger partial charge in [-0.05, 0) is 20.0 Å². The van der Waals surface area contributed by atoms with Crippen molar-refractivity contribution in [1.29, 1.82) is 0 Å². The van der Waals surface area contributed by atoms with Crippen LogP contribution < -0.4 is 5.32 Å². The monoisotopic (exact) mass is 181 g/mol. The lowest BCUT2D eigenvalue weighted by Gasteiger charge is -1.96. The van der Waals surface area contributed by atoms with Crippen molar-refractivity contribution < 1.29 is 4.79 Å². The lowest BCUT2D eigenvalue weighted by atomic mass is 10.1. The molecule has 0 saturated heterocycles. The van der Waals surface area contributed by atoms with Gasteiger partial charge in [0.1, 0.15) is 0 Å². The molecule has 0 saturated carbocycles. The molecule has 0 fully saturated rings. The fourth-order valence-electron chi connectivity index (χ4n) is 1.14. The molecule has 1 aromatic heterocycles. The van der Waals surface area contributed by atoms with Crippen LogP contribution in [0, 0.1) is 0 Å². The third-order valence-corrected chi connectivity index (χ3v) is 1.86. The third-order valence-electron chi connectivity index (χ3n) is 1.86. The number of carbonyl (C=O) groups is 1. The van der Waals surface area contributed by atoms with Crippen molar-refractivity contribution in [1.82, 2.24) is 15.1 Å². The van der Waals surface area contributed by atoms with Gasteiger partial charge in [0.25, 0.3) is 0 Å². The molecule has 0 aliphatic heterocycles. The molecule has 0 aliphatic rings. The molecule has 0 amide bonds. The van der Waals surface area contributed by atoms with Crippen molar-refractivity contribution in [2.75, 3.05) is 13.6 Å². The van der Waals surface area contributed by atoms with Crippen LogP contribution in [0.4, 0.5) is 0 Å². The number of hydrogen-bond donors (Lipinski definition) is 1. The smallest absolute Gasteiger partial charge is 0.166 e. The summed E-state index contributed by atoms with van der Waals surface area (Å²) >= 11 is 0. The summed E-state index contributed by atoms with van der Waals surface area (Å²) in [6.07, 6.45) is 4.83. The fraction of sp³-hybridized carbons (Fsp3) is 0.556. The molecule has 13 heavy (non-hydrogen) atoms.